The van der Waals surface area contributed by atoms with Crippen LogP contribution in [0.5, 0.6) is 5.75 Å². The quantitative estimate of drug-likeness (QED) is 0.401. The second-order valence-electron chi connectivity index (χ2n) is 8.09. The van der Waals surface area contributed by atoms with Crippen molar-refractivity contribution >= 4 is 21.9 Å². The fraction of sp³-hybridized carbons (Fsp3) is 0.385. The Morgan fingerprint density at radius 3 is 2.59 bits per heavy atom. The van der Waals surface area contributed by atoms with Crippen molar-refractivity contribution in [2.24, 2.45) is 5.92 Å². The van der Waals surface area contributed by atoms with Gasteiger partial charge in [0.25, 0.3) is 0 Å². The molecule has 3 aromatic rings. The van der Waals surface area contributed by atoms with E-state index in [9.17, 15) is 9.90 Å². The molecule has 0 amide bonds. The van der Waals surface area contributed by atoms with E-state index in [0.717, 1.165) is 40.1 Å². The SMILES string of the molecule is CCC(C(=O)O)C1CCc2cc(OCCc3ncoc3C)c(Br)cc21.Cc1ccccc1. The molecular weight excluding hydrogens is 470 g/mol. The monoisotopic (exact) mass is 499 g/mol. The van der Waals surface area contributed by atoms with Gasteiger partial charge in [-0.1, -0.05) is 42.8 Å². The molecule has 0 fully saturated rings. The van der Waals surface area contributed by atoms with E-state index in [4.69, 9.17) is 9.15 Å². The number of ether oxygens (including phenoxy) is 1. The largest absolute Gasteiger partial charge is 0.492 e. The van der Waals surface area contributed by atoms with E-state index in [1.165, 1.54) is 17.5 Å². The zero-order valence-electron chi connectivity index (χ0n) is 18.8. The number of benzene rings is 2. The minimum absolute atomic E-state index is 0.0839. The lowest BCUT2D eigenvalue weighted by molar-refractivity contribution is -0.142. The number of halogens is 1. The topological polar surface area (TPSA) is 72.6 Å². The van der Waals surface area contributed by atoms with E-state index < -0.39 is 5.97 Å². The number of nitrogens with zero attached hydrogens (tertiary/aromatic N) is 1. The third-order valence-corrected chi connectivity index (χ3v) is 6.56. The van der Waals surface area contributed by atoms with Crippen LogP contribution in [0.1, 0.15) is 53.8 Å². The highest BCUT2D eigenvalue weighted by Gasteiger charge is 2.33. The highest BCUT2D eigenvalue weighted by Crippen LogP contribution is 2.43. The Hall–Kier alpha value is -2.60. The molecule has 1 N–H and O–H groups in total. The number of aryl methyl sites for hydroxylation is 3. The first-order valence-corrected chi connectivity index (χ1v) is 11.8. The minimum atomic E-state index is -0.709. The summed E-state index contributed by atoms with van der Waals surface area (Å²) in [6.07, 6.45) is 4.56. The van der Waals surface area contributed by atoms with Crippen molar-refractivity contribution in [3.05, 3.63) is 81.5 Å². The maximum atomic E-state index is 11.5. The lowest BCUT2D eigenvalue weighted by Gasteiger charge is -2.19. The number of aromatic nitrogens is 1. The lowest BCUT2D eigenvalue weighted by Crippen LogP contribution is -2.19. The predicted molar refractivity (Wildman–Crippen MR) is 128 cm³/mol. The van der Waals surface area contributed by atoms with Gasteiger partial charge >= 0.3 is 5.97 Å². The van der Waals surface area contributed by atoms with E-state index in [2.05, 4.69) is 40.0 Å². The Bertz CT molecular complexity index is 1030. The Morgan fingerprint density at radius 1 is 1.28 bits per heavy atom. The number of carboxylic acid groups (broad SMARTS) is 1. The summed E-state index contributed by atoms with van der Waals surface area (Å²) in [5, 5.41) is 9.46. The zero-order chi connectivity index (χ0) is 23.1. The molecule has 0 bridgehead atoms. The fourth-order valence-electron chi connectivity index (χ4n) is 4.16. The normalized spacial score (nSPS) is 15.4. The van der Waals surface area contributed by atoms with Gasteiger partial charge in [0.1, 0.15) is 11.5 Å². The van der Waals surface area contributed by atoms with Crippen molar-refractivity contribution < 1.29 is 19.1 Å². The first-order valence-electron chi connectivity index (χ1n) is 11.0. The van der Waals surface area contributed by atoms with Crippen LogP contribution in [0, 0.1) is 19.8 Å². The first kappa shape index (κ1) is 24.1. The van der Waals surface area contributed by atoms with Crippen LogP contribution in [0.15, 0.2) is 57.7 Å². The average Bonchev–Trinajstić information content (AvgIpc) is 3.36. The van der Waals surface area contributed by atoms with E-state index in [0.29, 0.717) is 19.4 Å². The summed E-state index contributed by atoms with van der Waals surface area (Å²) < 4.78 is 12.0. The molecule has 0 spiro atoms. The molecule has 0 radical (unpaired) electrons. The van der Waals surface area contributed by atoms with Gasteiger partial charge in [-0.2, -0.15) is 0 Å². The van der Waals surface area contributed by atoms with Crippen LogP contribution in [-0.4, -0.2) is 22.7 Å². The maximum Gasteiger partial charge on any atom is 0.307 e. The summed E-state index contributed by atoms with van der Waals surface area (Å²) in [4.78, 5) is 15.7. The number of hydrogen-bond donors (Lipinski definition) is 1. The molecule has 1 aromatic heterocycles. The van der Waals surface area contributed by atoms with E-state index in [-0.39, 0.29) is 11.8 Å². The van der Waals surface area contributed by atoms with Crippen LogP contribution in [0.2, 0.25) is 0 Å². The highest BCUT2D eigenvalue weighted by molar-refractivity contribution is 9.10. The number of hydrogen-bond acceptors (Lipinski definition) is 4. The van der Waals surface area contributed by atoms with Gasteiger partial charge in [-0.15, -0.1) is 0 Å². The molecule has 0 saturated carbocycles. The number of carbonyl (C=O) groups is 1. The first-order chi connectivity index (χ1) is 15.4. The number of rotatable bonds is 7. The van der Waals surface area contributed by atoms with E-state index >= 15 is 0 Å². The van der Waals surface area contributed by atoms with Crippen LogP contribution < -0.4 is 4.74 Å². The Kier molecular flexibility index (Phi) is 8.51. The van der Waals surface area contributed by atoms with Crippen molar-refractivity contribution in [1.82, 2.24) is 4.98 Å². The summed E-state index contributed by atoms with van der Waals surface area (Å²) in [5.74, 6) is 0.665. The molecule has 2 aromatic carbocycles. The van der Waals surface area contributed by atoms with Gasteiger partial charge in [0.15, 0.2) is 6.39 Å². The summed E-state index contributed by atoms with van der Waals surface area (Å²) in [6, 6.07) is 14.3. The third-order valence-electron chi connectivity index (χ3n) is 5.94. The van der Waals surface area contributed by atoms with Gasteiger partial charge in [0.2, 0.25) is 0 Å². The standard InChI is InChI=1S/C19H22BrNO4.C7H8/c1-3-13(19(22)23)14-5-4-12-8-18(16(20)9-15(12)14)24-7-6-17-11(2)25-10-21-17;1-7-5-3-2-4-6-7/h8-10,13-14H,3-7H2,1-2H3,(H,22,23);2-6H,1H3. The summed E-state index contributed by atoms with van der Waals surface area (Å²) in [6.45, 7) is 6.43. The highest BCUT2D eigenvalue weighted by atomic mass is 79.9. The molecule has 170 valence electrons. The van der Waals surface area contributed by atoms with Gasteiger partial charge in [-0.3, -0.25) is 4.79 Å². The molecule has 2 atom stereocenters. The van der Waals surface area contributed by atoms with Crippen LogP contribution >= 0.6 is 15.9 Å². The average molecular weight is 500 g/mol. The Labute approximate surface area is 198 Å². The molecule has 6 heteroatoms. The van der Waals surface area contributed by atoms with Crippen molar-refractivity contribution in [1.29, 1.82) is 0 Å². The maximum absolute atomic E-state index is 11.5. The number of carboxylic acids is 1. The molecule has 0 aliphatic heterocycles. The van der Waals surface area contributed by atoms with E-state index in [1.807, 2.05) is 44.2 Å². The van der Waals surface area contributed by atoms with Gasteiger partial charge in [0.05, 0.1) is 22.7 Å². The molecule has 1 heterocycles. The predicted octanol–water partition coefficient (Wildman–Crippen LogP) is 6.50. The molecule has 0 saturated heterocycles. The molecule has 1 aliphatic carbocycles. The summed E-state index contributed by atoms with van der Waals surface area (Å²) >= 11 is 3.57. The molecule has 2 unspecified atom stereocenters. The lowest BCUT2D eigenvalue weighted by atomic mass is 9.85. The van der Waals surface area contributed by atoms with Crippen LogP contribution in [-0.2, 0) is 17.6 Å². The van der Waals surface area contributed by atoms with Crippen molar-refractivity contribution in [2.75, 3.05) is 6.61 Å². The summed E-state index contributed by atoms with van der Waals surface area (Å²) in [7, 11) is 0. The zero-order valence-corrected chi connectivity index (χ0v) is 20.4. The van der Waals surface area contributed by atoms with Crippen LogP contribution in [0.4, 0.5) is 0 Å². The van der Waals surface area contributed by atoms with Gasteiger partial charge in [0, 0.05) is 6.42 Å². The third kappa shape index (κ3) is 6.00. The van der Waals surface area contributed by atoms with Crippen molar-refractivity contribution in [2.45, 2.75) is 52.4 Å². The molecule has 5 nitrogen and oxygen atoms in total. The second kappa shape index (κ2) is 11.3. The number of fused-ring (bicyclic) bond motifs is 1. The summed E-state index contributed by atoms with van der Waals surface area (Å²) in [5.41, 5.74) is 4.56. The van der Waals surface area contributed by atoms with Crippen molar-refractivity contribution in [3.8, 4) is 5.75 Å². The molecule has 1 aliphatic rings. The number of oxazole rings is 1. The number of aliphatic carboxylic acids is 1. The van der Waals surface area contributed by atoms with E-state index in [1.54, 1.807) is 0 Å². The fourth-order valence-corrected chi connectivity index (χ4v) is 4.63. The van der Waals surface area contributed by atoms with Crippen molar-refractivity contribution in [3.63, 3.8) is 0 Å². The second-order valence-corrected chi connectivity index (χ2v) is 8.94. The van der Waals surface area contributed by atoms with Crippen LogP contribution in [0.25, 0.3) is 0 Å². The Morgan fingerprint density at radius 2 is 2.03 bits per heavy atom. The smallest absolute Gasteiger partial charge is 0.307 e. The van der Waals surface area contributed by atoms with Gasteiger partial charge in [-0.25, -0.2) is 4.98 Å². The molecule has 32 heavy (non-hydrogen) atoms. The van der Waals surface area contributed by atoms with Gasteiger partial charge < -0.3 is 14.3 Å². The molecular formula is C26H30BrNO4. The van der Waals surface area contributed by atoms with Crippen LogP contribution in [0.3, 0.4) is 0 Å². The Balaban J connectivity index is 0.000000352. The molecule has 4 rings (SSSR count). The van der Waals surface area contributed by atoms with Gasteiger partial charge in [-0.05, 0) is 78.2 Å². The minimum Gasteiger partial charge on any atom is -0.492 e.